The van der Waals surface area contributed by atoms with Crippen molar-refractivity contribution in [3.63, 3.8) is 0 Å². The van der Waals surface area contributed by atoms with E-state index >= 15 is 0 Å². The SMILES string of the molecule is C#CC#Cc1ccc(-c2cccc(CC)c2)cc1. The Bertz CT molecular complexity index is 628. The summed E-state index contributed by atoms with van der Waals surface area (Å²) in [4.78, 5) is 0. The molecule has 0 amide bonds. The third kappa shape index (κ3) is 2.82. The number of terminal acetylenes is 1. The Kier molecular flexibility index (Phi) is 3.85. The summed E-state index contributed by atoms with van der Waals surface area (Å²) in [5.41, 5.74) is 4.74. The molecule has 0 radical (unpaired) electrons. The van der Waals surface area contributed by atoms with Crippen molar-refractivity contribution < 1.29 is 0 Å². The van der Waals surface area contributed by atoms with Gasteiger partial charge in [0.1, 0.15) is 0 Å². The van der Waals surface area contributed by atoms with Crippen LogP contribution in [-0.4, -0.2) is 0 Å². The van der Waals surface area contributed by atoms with Crippen molar-refractivity contribution in [2.24, 2.45) is 0 Å². The molecular weight excluding hydrogens is 216 g/mol. The Morgan fingerprint density at radius 1 is 1.00 bits per heavy atom. The van der Waals surface area contributed by atoms with Crippen LogP contribution in [0.1, 0.15) is 18.1 Å². The first-order valence-electron chi connectivity index (χ1n) is 5.99. The van der Waals surface area contributed by atoms with Gasteiger partial charge in [0, 0.05) is 5.56 Å². The molecule has 0 heteroatoms. The van der Waals surface area contributed by atoms with E-state index in [1.165, 1.54) is 16.7 Å². The first-order valence-corrected chi connectivity index (χ1v) is 5.99. The molecule has 2 rings (SSSR count). The summed E-state index contributed by atoms with van der Waals surface area (Å²) in [6.07, 6.45) is 6.16. The van der Waals surface area contributed by atoms with E-state index in [1.54, 1.807) is 0 Å². The second-order valence-corrected chi connectivity index (χ2v) is 4.03. The van der Waals surface area contributed by atoms with Crippen LogP contribution in [0.25, 0.3) is 11.1 Å². The lowest BCUT2D eigenvalue weighted by atomic mass is 10.0. The molecule has 0 nitrogen and oxygen atoms in total. The first kappa shape index (κ1) is 12.0. The van der Waals surface area contributed by atoms with E-state index in [4.69, 9.17) is 6.42 Å². The van der Waals surface area contributed by atoms with E-state index in [0.29, 0.717) is 0 Å². The standard InChI is InChI=1S/C18H14/c1-3-5-7-16-10-12-17(13-11-16)18-9-6-8-15(4-2)14-18/h1,6,8-14H,4H2,2H3. The minimum atomic E-state index is 0.948. The molecule has 2 aromatic carbocycles. The van der Waals surface area contributed by atoms with E-state index in [0.717, 1.165) is 12.0 Å². The quantitative estimate of drug-likeness (QED) is 0.686. The molecule has 0 spiro atoms. The Morgan fingerprint density at radius 3 is 2.44 bits per heavy atom. The maximum atomic E-state index is 5.11. The maximum absolute atomic E-state index is 5.11. The normalized spacial score (nSPS) is 9.11. The molecule has 0 heterocycles. The summed E-state index contributed by atoms with van der Waals surface area (Å²) < 4.78 is 0. The summed E-state index contributed by atoms with van der Waals surface area (Å²) >= 11 is 0. The largest absolute Gasteiger partial charge is 0.106 e. The fraction of sp³-hybridized carbons (Fsp3) is 0.111. The van der Waals surface area contributed by atoms with Crippen LogP contribution in [-0.2, 0) is 6.42 Å². The zero-order chi connectivity index (χ0) is 12.8. The Hall–Kier alpha value is -2.44. The molecule has 0 saturated carbocycles. The zero-order valence-corrected chi connectivity index (χ0v) is 10.4. The monoisotopic (exact) mass is 230 g/mol. The van der Waals surface area contributed by atoms with Crippen LogP contribution < -0.4 is 0 Å². The lowest BCUT2D eigenvalue weighted by Gasteiger charge is -2.04. The van der Waals surface area contributed by atoms with Crippen molar-refractivity contribution in [2.45, 2.75) is 13.3 Å². The molecule has 0 atom stereocenters. The van der Waals surface area contributed by atoms with Crippen molar-refractivity contribution >= 4 is 0 Å². The third-order valence-corrected chi connectivity index (χ3v) is 2.83. The summed E-state index contributed by atoms with van der Waals surface area (Å²) in [5, 5.41) is 0. The van der Waals surface area contributed by atoms with Crippen LogP contribution in [0.4, 0.5) is 0 Å². The van der Waals surface area contributed by atoms with E-state index in [1.807, 2.05) is 12.1 Å². The Labute approximate surface area is 109 Å². The molecule has 0 saturated heterocycles. The van der Waals surface area contributed by atoms with Gasteiger partial charge >= 0.3 is 0 Å². The highest BCUT2D eigenvalue weighted by Gasteiger charge is 1.98. The highest BCUT2D eigenvalue weighted by molar-refractivity contribution is 5.65. The maximum Gasteiger partial charge on any atom is 0.0255 e. The van der Waals surface area contributed by atoms with Gasteiger partial charge in [-0.2, -0.15) is 0 Å². The van der Waals surface area contributed by atoms with Crippen molar-refractivity contribution in [1.29, 1.82) is 0 Å². The second kappa shape index (κ2) is 5.76. The lowest BCUT2D eigenvalue weighted by molar-refractivity contribution is 1.14. The first-order chi connectivity index (χ1) is 8.83. The summed E-state index contributed by atoms with van der Waals surface area (Å²) in [5.74, 6) is 7.85. The number of aryl methyl sites for hydroxylation is 1. The fourth-order valence-electron chi connectivity index (χ4n) is 1.83. The van der Waals surface area contributed by atoms with Gasteiger partial charge in [0.2, 0.25) is 0 Å². The highest BCUT2D eigenvalue weighted by Crippen LogP contribution is 2.21. The number of hydrogen-bond acceptors (Lipinski definition) is 0. The average molecular weight is 230 g/mol. The van der Waals surface area contributed by atoms with Crippen LogP contribution in [0, 0.1) is 24.2 Å². The zero-order valence-electron chi connectivity index (χ0n) is 10.4. The molecule has 0 aromatic heterocycles. The van der Waals surface area contributed by atoms with Crippen LogP contribution in [0.15, 0.2) is 48.5 Å². The molecule has 0 fully saturated rings. The van der Waals surface area contributed by atoms with Crippen LogP contribution in [0.5, 0.6) is 0 Å². The molecule has 0 bridgehead atoms. The molecule has 18 heavy (non-hydrogen) atoms. The topological polar surface area (TPSA) is 0 Å². The van der Waals surface area contributed by atoms with Gasteiger partial charge in [-0.25, -0.2) is 0 Å². The molecule has 0 unspecified atom stereocenters. The summed E-state index contributed by atoms with van der Waals surface area (Å²) in [7, 11) is 0. The van der Waals surface area contributed by atoms with Crippen LogP contribution >= 0.6 is 0 Å². The minimum Gasteiger partial charge on any atom is -0.106 e. The van der Waals surface area contributed by atoms with Gasteiger partial charge in [-0.05, 0) is 47.1 Å². The van der Waals surface area contributed by atoms with Gasteiger partial charge in [-0.1, -0.05) is 49.2 Å². The van der Waals surface area contributed by atoms with Crippen molar-refractivity contribution in [3.8, 4) is 35.3 Å². The third-order valence-electron chi connectivity index (χ3n) is 2.83. The minimum absolute atomic E-state index is 0.948. The van der Waals surface area contributed by atoms with Crippen molar-refractivity contribution in [3.05, 3.63) is 59.7 Å². The van der Waals surface area contributed by atoms with Gasteiger partial charge in [-0.15, -0.1) is 6.42 Å². The van der Waals surface area contributed by atoms with Crippen LogP contribution in [0.2, 0.25) is 0 Å². The molecule has 2 aromatic rings. The van der Waals surface area contributed by atoms with Crippen LogP contribution in [0.3, 0.4) is 0 Å². The highest BCUT2D eigenvalue weighted by atomic mass is 14.0. The summed E-state index contributed by atoms with van der Waals surface area (Å²) in [6.45, 7) is 2.16. The van der Waals surface area contributed by atoms with Crippen molar-refractivity contribution in [2.75, 3.05) is 0 Å². The van der Waals surface area contributed by atoms with E-state index in [9.17, 15) is 0 Å². The number of rotatable bonds is 2. The van der Waals surface area contributed by atoms with Gasteiger partial charge in [0.15, 0.2) is 0 Å². The van der Waals surface area contributed by atoms with Gasteiger partial charge < -0.3 is 0 Å². The fourth-order valence-corrected chi connectivity index (χ4v) is 1.83. The molecule has 0 aliphatic heterocycles. The predicted molar refractivity (Wildman–Crippen MR) is 77.0 cm³/mol. The molecule has 86 valence electrons. The molecule has 0 N–H and O–H groups in total. The molecular formula is C18H14. The average Bonchev–Trinajstić information content (AvgIpc) is 2.46. The second-order valence-electron chi connectivity index (χ2n) is 4.03. The van der Waals surface area contributed by atoms with E-state index < -0.39 is 0 Å². The Morgan fingerprint density at radius 2 is 1.78 bits per heavy atom. The van der Waals surface area contributed by atoms with Crippen molar-refractivity contribution in [1.82, 2.24) is 0 Å². The lowest BCUT2D eigenvalue weighted by Crippen LogP contribution is -1.83. The number of benzene rings is 2. The molecule has 0 aliphatic carbocycles. The Balaban J connectivity index is 2.31. The molecule has 0 aliphatic rings. The van der Waals surface area contributed by atoms with E-state index in [2.05, 4.69) is 61.1 Å². The van der Waals surface area contributed by atoms with Gasteiger partial charge in [0.25, 0.3) is 0 Å². The van der Waals surface area contributed by atoms with Gasteiger partial charge in [0.05, 0.1) is 0 Å². The smallest absolute Gasteiger partial charge is 0.0255 e. The predicted octanol–water partition coefficient (Wildman–Crippen LogP) is 3.90. The van der Waals surface area contributed by atoms with E-state index in [-0.39, 0.29) is 0 Å². The number of hydrogen-bond donors (Lipinski definition) is 0. The summed E-state index contributed by atoms with van der Waals surface area (Å²) in [6, 6.07) is 16.8. The van der Waals surface area contributed by atoms with Gasteiger partial charge in [-0.3, -0.25) is 0 Å².